The first-order valence-electron chi connectivity index (χ1n) is 5.84. The number of aliphatic hydroxyl groups is 1. The van der Waals surface area contributed by atoms with Crippen molar-refractivity contribution in [3.05, 3.63) is 45.6 Å². The molecule has 3 nitrogen and oxygen atoms in total. The van der Waals surface area contributed by atoms with Crippen molar-refractivity contribution in [3.63, 3.8) is 0 Å². The van der Waals surface area contributed by atoms with E-state index in [0.717, 1.165) is 35.0 Å². The molecule has 2 heterocycles. The van der Waals surface area contributed by atoms with E-state index in [9.17, 15) is 5.11 Å². The lowest BCUT2D eigenvalue weighted by Crippen LogP contribution is -1.97. The minimum Gasteiger partial charge on any atom is -0.496 e. The van der Waals surface area contributed by atoms with Crippen LogP contribution in [0, 0.1) is 0 Å². The van der Waals surface area contributed by atoms with Crippen molar-refractivity contribution in [3.8, 4) is 11.5 Å². The number of aliphatic hydroxyl groups excluding tert-OH is 1. The van der Waals surface area contributed by atoms with Gasteiger partial charge in [0.1, 0.15) is 17.6 Å². The third-order valence-corrected chi connectivity index (χ3v) is 4.09. The predicted molar refractivity (Wildman–Crippen MR) is 70.6 cm³/mol. The van der Waals surface area contributed by atoms with Crippen molar-refractivity contribution < 1.29 is 14.6 Å². The Morgan fingerprint density at radius 3 is 3.06 bits per heavy atom. The van der Waals surface area contributed by atoms with Crippen LogP contribution in [0.3, 0.4) is 0 Å². The van der Waals surface area contributed by atoms with Gasteiger partial charge in [-0.3, -0.25) is 0 Å². The molecule has 4 heteroatoms. The predicted octanol–water partition coefficient (Wildman–Crippen LogP) is 2.77. The summed E-state index contributed by atoms with van der Waals surface area (Å²) in [6.45, 7) is 0.738. The second-order valence-electron chi connectivity index (χ2n) is 4.26. The molecule has 1 N–H and O–H groups in total. The molecule has 3 rings (SSSR count). The molecule has 0 aliphatic carbocycles. The zero-order chi connectivity index (χ0) is 12.5. The average Bonchev–Trinajstić information content (AvgIpc) is 3.05. The van der Waals surface area contributed by atoms with Gasteiger partial charge in [-0.25, -0.2) is 0 Å². The van der Waals surface area contributed by atoms with Crippen LogP contribution in [0.2, 0.25) is 0 Å². The van der Waals surface area contributed by atoms with E-state index in [0.29, 0.717) is 0 Å². The van der Waals surface area contributed by atoms with Gasteiger partial charge in [0.05, 0.1) is 13.7 Å². The van der Waals surface area contributed by atoms with E-state index in [1.807, 2.05) is 29.6 Å². The van der Waals surface area contributed by atoms with Gasteiger partial charge in [-0.1, -0.05) is 6.07 Å². The van der Waals surface area contributed by atoms with E-state index in [-0.39, 0.29) is 0 Å². The number of hydrogen-bond acceptors (Lipinski definition) is 4. The second kappa shape index (κ2) is 4.63. The van der Waals surface area contributed by atoms with Gasteiger partial charge in [0.25, 0.3) is 0 Å². The SMILES string of the molecule is COc1csc(C(O)c2ccc3c(c2)CCO3)c1. The zero-order valence-corrected chi connectivity index (χ0v) is 10.9. The van der Waals surface area contributed by atoms with Crippen LogP contribution in [0.5, 0.6) is 11.5 Å². The number of benzene rings is 1. The van der Waals surface area contributed by atoms with E-state index in [1.54, 1.807) is 7.11 Å². The molecule has 0 fully saturated rings. The molecule has 94 valence electrons. The number of fused-ring (bicyclic) bond motifs is 1. The summed E-state index contributed by atoms with van der Waals surface area (Å²) in [7, 11) is 1.63. The van der Waals surface area contributed by atoms with Gasteiger partial charge in [0.2, 0.25) is 0 Å². The van der Waals surface area contributed by atoms with E-state index in [4.69, 9.17) is 9.47 Å². The Kier molecular flexibility index (Phi) is 2.97. The van der Waals surface area contributed by atoms with Crippen LogP contribution in [0.4, 0.5) is 0 Å². The standard InChI is InChI=1S/C14H14O3S/c1-16-11-7-13(18-8-11)14(15)10-2-3-12-9(6-10)4-5-17-12/h2-3,6-8,14-15H,4-5H2,1H3. The Morgan fingerprint density at radius 1 is 1.39 bits per heavy atom. The molecule has 2 aromatic rings. The van der Waals surface area contributed by atoms with Crippen molar-refractivity contribution in [1.82, 2.24) is 0 Å². The molecule has 0 spiro atoms. The molecule has 0 amide bonds. The zero-order valence-electron chi connectivity index (χ0n) is 10.1. The quantitative estimate of drug-likeness (QED) is 0.924. The Morgan fingerprint density at radius 2 is 2.28 bits per heavy atom. The molecule has 0 radical (unpaired) electrons. The Hall–Kier alpha value is -1.52. The molecular formula is C14H14O3S. The van der Waals surface area contributed by atoms with Gasteiger partial charge in [0, 0.05) is 16.7 Å². The van der Waals surface area contributed by atoms with E-state index >= 15 is 0 Å². The van der Waals surface area contributed by atoms with E-state index in [1.165, 1.54) is 16.9 Å². The average molecular weight is 262 g/mol. The third kappa shape index (κ3) is 1.98. The highest BCUT2D eigenvalue weighted by atomic mass is 32.1. The fourth-order valence-corrected chi connectivity index (χ4v) is 2.99. The molecule has 1 atom stereocenters. The van der Waals surface area contributed by atoms with Crippen molar-refractivity contribution in [2.75, 3.05) is 13.7 Å². The lowest BCUT2D eigenvalue weighted by molar-refractivity contribution is 0.223. The number of ether oxygens (including phenoxy) is 2. The van der Waals surface area contributed by atoms with Crippen LogP contribution in [-0.4, -0.2) is 18.8 Å². The maximum atomic E-state index is 10.3. The van der Waals surface area contributed by atoms with Crippen molar-refractivity contribution >= 4 is 11.3 Å². The van der Waals surface area contributed by atoms with Crippen LogP contribution >= 0.6 is 11.3 Å². The number of thiophene rings is 1. The maximum Gasteiger partial charge on any atom is 0.129 e. The summed E-state index contributed by atoms with van der Waals surface area (Å²) in [6, 6.07) is 7.75. The molecule has 1 aliphatic rings. The first-order chi connectivity index (χ1) is 8.78. The summed E-state index contributed by atoms with van der Waals surface area (Å²) < 4.78 is 10.6. The normalized spacial score (nSPS) is 15.0. The fourth-order valence-electron chi connectivity index (χ4n) is 2.13. The van der Waals surface area contributed by atoms with Crippen molar-refractivity contribution in [1.29, 1.82) is 0 Å². The Labute approximate surface area is 110 Å². The molecule has 0 saturated heterocycles. The molecule has 1 aromatic carbocycles. The van der Waals surface area contributed by atoms with Gasteiger partial charge >= 0.3 is 0 Å². The topological polar surface area (TPSA) is 38.7 Å². The highest BCUT2D eigenvalue weighted by Crippen LogP contribution is 2.34. The lowest BCUT2D eigenvalue weighted by Gasteiger charge is -2.10. The molecule has 1 aromatic heterocycles. The van der Waals surface area contributed by atoms with Crippen molar-refractivity contribution in [2.24, 2.45) is 0 Å². The summed E-state index contributed by atoms with van der Waals surface area (Å²) in [5.41, 5.74) is 2.08. The van der Waals surface area contributed by atoms with Crippen LogP contribution in [0.15, 0.2) is 29.6 Å². The molecule has 18 heavy (non-hydrogen) atoms. The Balaban J connectivity index is 1.89. The van der Waals surface area contributed by atoms with Crippen LogP contribution in [0.25, 0.3) is 0 Å². The van der Waals surface area contributed by atoms with E-state index in [2.05, 4.69) is 0 Å². The van der Waals surface area contributed by atoms with Gasteiger partial charge in [-0.15, -0.1) is 11.3 Å². The third-order valence-electron chi connectivity index (χ3n) is 3.13. The monoisotopic (exact) mass is 262 g/mol. The van der Waals surface area contributed by atoms with Crippen LogP contribution in [-0.2, 0) is 6.42 Å². The number of methoxy groups -OCH3 is 1. The highest BCUT2D eigenvalue weighted by molar-refractivity contribution is 7.10. The minimum absolute atomic E-state index is 0.593. The summed E-state index contributed by atoms with van der Waals surface area (Å²) in [5.74, 6) is 1.73. The molecule has 0 saturated carbocycles. The van der Waals surface area contributed by atoms with Crippen LogP contribution < -0.4 is 9.47 Å². The minimum atomic E-state index is -0.593. The molecule has 1 aliphatic heterocycles. The lowest BCUT2D eigenvalue weighted by atomic mass is 10.0. The second-order valence-corrected chi connectivity index (χ2v) is 5.20. The maximum absolute atomic E-state index is 10.3. The molecule has 1 unspecified atom stereocenters. The van der Waals surface area contributed by atoms with Crippen LogP contribution in [0.1, 0.15) is 22.1 Å². The van der Waals surface area contributed by atoms with Gasteiger partial charge in [-0.2, -0.15) is 0 Å². The van der Waals surface area contributed by atoms with Gasteiger partial charge in [0.15, 0.2) is 0 Å². The molecular weight excluding hydrogens is 248 g/mol. The first kappa shape index (κ1) is 11.6. The fraction of sp³-hybridized carbons (Fsp3) is 0.286. The van der Waals surface area contributed by atoms with Crippen molar-refractivity contribution in [2.45, 2.75) is 12.5 Å². The Bertz CT molecular complexity index is 562. The molecule has 0 bridgehead atoms. The summed E-state index contributed by atoms with van der Waals surface area (Å²) in [5, 5.41) is 12.2. The van der Waals surface area contributed by atoms with Gasteiger partial charge < -0.3 is 14.6 Å². The first-order valence-corrected chi connectivity index (χ1v) is 6.72. The smallest absolute Gasteiger partial charge is 0.129 e. The van der Waals surface area contributed by atoms with Gasteiger partial charge in [-0.05, 0) is 29.3 Å². The summed E-state index contributed by atoms with van der Waals surface area (Å²) in [4.78, 5) is 0.894. The highest BCUT2D eigenvalue weighted by Gasteiger charge is 2.17. The number of hydrogen-bond donors (Lipinski definition) is 1. The number of rotatable bonds is 3. The summed E-state index contributed by atoms with van der Waals surface area (Å²) >= 11 is 1.50. The summed E-state index contributed by atoms with van der Waals surface area (Å²) in [6.07, 6.45) is 0.328. The van der Waals surface area contributed by atoms with E-state index < -0.39 is 6.10 Å². The largest absolute Gasteiger partial charge is 0.496 e.